The van der Waals surface area contributed by atoms with Crippen molar-refractivity contribution in [1.82, 2.24) is 26.6 Å². The van der Waals surface area contributed by atoms with Gasteiger partial charge in [0.05, 0.1) is 5.88 Å². The minimum atomic E-state index is -1.39. The van der Waals surface area contributed by atoms with Crippen LogP contribution in [-0.2, 0) is 35.1 Å². The van der Waals surface area contributed by atoms with Crippen LogP contribution in [0, 0.1) is 0 Å². The summed E-state index contributed by atoms with van der Waals surface area (Å²) in [5, 5.41) is 33.0. The van der Waals surface area contributed by atoms with Gasteiger partial charge in [-0.1, -0.05) is 60.7 Å². The number of phenols is 1. The highest BCUT2D eigenvalue weighted by atomic mass is 32.2. The highest BCUT2D eigenvalue weighted by Gasteiger charge is 2.40. The van der Waals surface area contributed by atoms with E-state index in [1.807, 2.05) is 48.5 Å². The summed E-state index contributed by atoms with van der Waals surface area (Å²) in [5.41, 5.74) is 4.68. The fraction of sp³-hybridized carbons (Fsp3) is 0.400. The minimum Gasteiger partial charge on any atom is -0.508 e. The molecule has 0 spiro atoms. The van der Waals surface area contributed by atoms with Gasteiger partial charge < -0.3 is 41.5 Å². The van der Waals surface area contributed by atoms with E-state index in [9.17, 15) is 39.0 Å². The first-order chi connectivity index (χ1) is 26.2. The number of aliphatic carboxylic acids is 1. The Bertz CT molecular complexity index is 1810. The molecule has 3 atom stereocenters. The van der Waals surface area contributed by atoms with Gasteiger partial charge in [0.2, 0.25) is 23.6 Å². The van der Waals surface area contributed by atoms with E-state index in [4.69, 9.17) is 4.74 Å². The molecule has 7 N–H and O–H groups in total. The number of hydrogen-bond acceptors (Lipinski definition) is 9. The molecule has 15 heteroatoms. The van der Waals surface area contributed by atoms with Crippen molar-refractivity contribution in [2.24, 2.45) is 0 Å². The second kappa shape index (κ2) is 19.7. The number of amides is 5. The quantitative estimate of drug-likeness (QED) is 0.0691. The van der Waals surface area contributed by atoms with Crippen LogP contribution >= 0.6 is 11.8 Å². The third kappa shape index (κ3) is 12.2. The number of rotatable bonds is 19. The van der Waals surface area contributed by atoms with Crippen molar-refractivity contribution in [3.8, 4) is 16.9 Å². The third-order valence-corrected chi connectivity index (χ3v) is 10.5. The zero-order chi connectivity index (χ0) is 40.1. The molecule has 14 nitrogen and oxygen atoms in total. The first-order valence-electron chi connectivity index (χ1n) is 18.0. The van der Waals surface area contributed by atoms with E-state index >= 15 is 0 Å². The molecule has 1 aliphatic carbocycles. The Morgan fingerprint density at radius 3 is 1.95 bits per heavy atom. The van der Waals surface area contributed by atoms with Gasteiger partial charge in [0.1, 0.15) is 30.5 Å². The average molecular weight is 776 g/mol. The van der Waals surface area contributed by atoms with Crippen molar-refractivity contribution in [2.75, 3.05) is 19.0 Å². The molecular formula is C40H49N5O9S. The van der Waals surface area contributed by atoms with E-state index in [-0.39, 0.29) is 48.8 Å². The molecule has 0 unspecified atom stereocenters. The lowest BCUT2D eigenvalue weighted by atomic mass is 9.98. The molecule has 3 aromatic rings. The number of nitrogens with one attached hydrogen (secondary N) is 5. The Morgan fingerprint density at radius 1 is 0.764 bits per heavy atom. The van der Waals surface area contributed by atoms with Gasteiger partial charge in [0.15, 0.2) is 0 Å². The Hall–Kier alpha value is -5.57. The monoisotopic (exact) mass is 775 g/mol. The van der Waals surface area contributed by atoms with Crippen molar-refractivity contribution < 1.29 is 43.7 Å². The van der Waals surface area contributed by atoms with Crippen molar-refractivity contribution in [2.45, 2.75) is 82.2 Å². The van der Waals surface area contributed by atoms with E-state index in [0.29, 0.717) is 24.9 Å². The number of carbonyl (C=O) groups is 6. The van der Waals surface area contributed by atoms with Gasteiger partial charge in [-0.05, 0) is 73.1 Å². The molecule has 0 aliphatic heterocycles. The fourth-order valence-corrected chi connectivity index (χ4v) is 7.30. The molecule has 1 aliphatic rings. The predicted octanol–water partition coefficient (Wildman–Crippen LogP) is 3.81. The standard InChI is InChI=1S/C40H49N5O9S/c1-24(46)41-20-10-9-15-33(44-39(53)54-22-32-30-13-7-5-11-28(30)29-12-6-8-14-31(29)32)36(49)45-35(40(3,4)55-23-42-25(2)47)37(50)43-34(38(51)52)21-26-16-18-27(48)19-17-26/h5-8,11-14,16-19,32-35,48H,9-10,15,20-23H2,1-4H3,(H,41,46)(H,42,47)(H,43,50)(H,44,53)(H,45,49)(H,51,52)/t33-,34-,35+/m0/s1. The first-order valence-corrected chi connectivity index (χ1v) is 19.0. The number of unbranched alkanes of at least 4 members (excludes halogenated alkanes) is 1. The summed E-state index contributed by atoms with van der Waals surface area (Å²) in [6.45, 7) is 6.43. The van der Waals surface area contributed by atoms with Crippen LogP contribution in [0.5, 0.6) is 5.75 Å². The van der Waals surface area contributed by atoms with Gasteiger partial charge in [-0.2, -0.15) is 0 Å². The van der Waals surface area contributed by atoms with Crippen LogP contribution in [0.3, 0.4) is 0 Å². The number of ether oxygens (including phenoxy) is 1. The van der Waals surface area contributed by atoms with Crippen LogP contribution in [0.15, 0.2) is 72.8 Å². The smallest absolute Gasteiger partial charge is 0.407 e. The molecule has 0 aromatic heterocycles. The van der Waals surface area contributed by atoms with Gasteiger partial charge in [0.25, 0.3) is 0 Å². The SMILES string of the molecule is CC(=O)NCCCC[C@H](NC(=O)OCC1c2ccccc2-c2ccccc21)C(=O)N[C@H](C(=O)N[C@@H](Cc1ccc(O)cc1)C(=O)O)C(C)(C)SCNC(C)=O. The molecule has 0 bridgehead atoms. The van der Waals surface area contributed by atoms with Crippen LogP contribution in [0.25, 0.3) is 11.1 Å². The fourth-order valence-electron chi connectivity index (χ4n) is 6.32. The Labute approximate surface area is 324 Å². The van der Waals surface area contributed by atoms with E-state index < -0.39 is 46.7 Å². The van der Waals surface area contributed by atoms with Crippen LogP contribution in [0.2, 0.25) is 0 Å². The highest BCUT2D eigenvalue weighted by molar-refractivity contribution is 8.00. The van der Waals surface area contributed by atoms with Crippen LogP contribution in [-0.4, -0.2) is 87.8 Å². The number of fused-ring (bicyclic) bond motifs is 3. The molecule has 3 aromatic carbocycles. The molecule has 4 rings (SSSR count). The van der Waals surface area contributed by atoms with Gasteiger partial charge in [-0.15, -0.1) is 11.8 Å². The van der Waals surface area contributed by atoms with Crippen molar-refractivity contribution in [3.63, 3.8) is 0 Å². The number of hydrogen-bond donors (Lipinski definition) is 7. The zero-order valence-corrected chi connectivity index (χ0v) is 32.2. The van der Waals surface area contributed by atoms with Gasteiger partial charge in [-0.25, -0.2) is 9.59 Å². The molecule has 0 saturated heterocycles. The molecule has 0 saturated carbocycles. The number of carboxylic acid groups (broad SMARTS) is 1. The van der Waals surface area contributed by atoms with E-state index in [2.05, 4.69) is 26.6 Å². The third-order valence-electron chi connectivity index (χ3n) is 9.25. The summed E-state index contributed by atoms with van der Waals surface area (Å²) in [5.74, 6) is -3.48. The molecule has 294 valence electrons. The molecule has 0 heterocycles. The van der Waals surface area contributed by atoms with Crippen LogP contribution in [0.1, 0.15) is 69.6 Å². The number of alkyl carbamates (subject to hydrolysis) is 1. The summed E-state index contributed by atoms with van der Waals surface area (Å²) < 4.78 is 4.62. The number of thioether (sulfide) groups is 1. The summed E-state index contributed by atoms with van der Waals surface area (Å²) >= 11 is 1.16. The van der Waals surface area contributed by atoms with Gasteiger partial charge in [0, 0.05) is 37.5 Å². The molecule has 55 heavy (non-hydrogen) atoms. The van der Waals surface area contributed by atoms with Crippen molar-refractivity contribution in [1.29, 1.82) is 0 Å². The minimum absolute atomic E-state index is 0.00302. The predicted molar refractivity (Wildman–Crippen MR) is 208 cm³/mol. The number of aromatic hydroxyl groups is 1. The maximum atomic E-state index is 14.1. The first kappa shape index (κ1) is 42.2. The summed E-state index contributed by atoms with van der Waals surface area (Å²) in [7, 11) is 0. The molecule has 5 amide bonds. The van der Waals surface area contributed by atoms with Gasteiger partial charge >= 0.3 is 12.1 Å². The zero-order valence-electron chi connectivity index (χ0n) is 31.3. The lowest BCUT2D eigenvalue weighted by molar-refractivity contribution is -0.142. The Kier molecular flexibility index (Phi) is 15.1. The Morgan fingerprint density at radius 2 is 1.36 bits per heavy atom. The summed E-state index contributed by atoms with van der Waals surface area (Å²) in [6.07, 6.45) is 0.0794. The van der Waals surface area contributed by atoms with E-state index in [0.717, 1.165) is 34.0 Å². The largest absolute Gasteiger partial charge is 0.508 e. The van der Waals surface area contributed by atoms with Crippen molar-refractivity contribution >= 4 is 47.5 Å². The molecule has 0 fully saturated rings. The van der Waals surface area contributed by atoms with Crippen molar-refractivity contribution in [3.05, 3.63) is 89.5 Å². The molecule has 0 radical (unpaired) electrons. The van der Waals surface area contributed by atoms with Crippen LogP contribution < -0.4 is 26.6 Å². The van der Waals surface area contributed by atoms with Gasteiger partial charge in [-0.3, -0.25) is 19.2 Å². The highest BCUT2D eigenvalue weighted by Crippen LogP contribution is 2.44. The number of benzene rings is 3. The lowest BCUT2D eigenvalue weighted by Crippen LogP contribution is -2.62. The maximum Gasteiger partial charge on any atom is 0.407 e. The van der Waals surface area contributed by atoms with E-state index in [1.165, 1.54) is 38.1 Å². The topological polar surface area (TPSA) is 212 Å². The number of phenolic OH excluding ortho intramolecular Hbond substituents is 1. The number of carboxylic acids is 1. The Balaban J connectivity index is 1.53. The summed E-state index contributed by atoms with van der Waals surface area (Å²) in [4.78, 5) is 76.7. The average Bonchev–Trinajstić information content (AvgIpc) is 3.45. The van der Waals surface area contributed by atoms with E-state index in [1.54, 1.807) is 13.8 Å². The lowest BCUT2D eigenvalue weighted by Gasteiger charge is -2.35. The number of carbonyl (C=O) groups excluding carboxylic acids is 5. The second-order valence-corrected chi connectivity index (χ2v) is 15.5. The normalized spacial score (nSPS) is 13.6. The summed E-state index contributed by atoms with van der Waals surface area (Å²) in [6, 6.07) is 17.7. The molecular weight excluding hydrogens is 727 g/mol. The maximum absolute atomic E-state index is 14.1. The second-order valence-electron chi connectivity index (χ2n) is 13.8. The van der Waals surface area contributed by atoms with Crippen LogP contribution in [0.4, 0.5) is 4.79 Å².